The number of Topliss-reactive ketones (excluding diaryl/α,β-unsaturated/α-hetero) is 1. The molecule has 1 aliphatic heterocycles. The smallest absolute Gasteiger partial charge is 0.353 e. The van der Waals surface area contributed by atoms with Crippen LogP contribution in [0.3, 0.4) is 0 Å². The standard InChI is InChI=1S/C27H26FNO4/c1-17(2)14-29-15-20-12-23(30)24(33-16-18-6-4-3-5-7-18)13-22(20)25(26(29)27(31)32)19-8-10-21(28)11-9-19/h3-11,13,15,17,24H,12,14,16H2,1-2H3,(H,31,32). The van der Waals surface area contributed by atoms with Crippen LogP contribution in [0.4, 0.5) is 4.39 Å². The molecule has 170 valence electrons. The summed E-state index contributed by atoms with van der Waals surface area (Å²) in [5.74, 6) is -1.37. The van der Waals surface area contributed by atoms with Gasteiger partial charge in [0.25, 0.3) is 0 Å². The van der Waals surface area contributed by atoms with Gasteiger partial charge in [-0.25, -0.2) is 9.18 Å². The Bertz CT molecular complexity index is 1150. The number of hydrogen-bond donors (Lipinski definition) is 1. The van der Waals surface area contributed by atoms with Gasteiger partial charge in [-0.1, -0.05) is 56.3 Å². The molecule has 0 bridgehead atoms. The number of carboxylic acid groups (broad SMARTS) is 1. The third-order valence-electron chi connectivity index (χ3n) is 5.62. The number of benzene rings is 2. The van der Waals surface area contributed by atoms with Crippen molar-refractivity contribution in [1.82, 2.24) is 4.90 Å². The van der Waals surface area contributed by atoms with Crippen LogP contribution >= 0.6 is 0 Å². The zero-order valence-corrected chi connectivity index (χ0v) is 18.6. The summed E-state index contributed by atoms with van der Waals surface area (Å²) in [5, 5.41) is 10.1. The number of ketones is 1. The molecule has 0 saturated carbocycles. The van der Waals surface area contributed by atoms with Gasteiger partial charge in [0.2, 0.25) is 0 Å². The first kappa shape index (κ1) is 22.7. The van der Waals surface area contributed by atoms with Crippen molar-refractivity contribution in [3.05, 3.63) is 101 Å². The highest BCUT2D eigenvalue weighted by Crippen LogP contribution is 2.41. The van der Waals surface area contributed by atoms with E-state index in [1.54, 1.807) is 29.3 Å². The lowest BCUT2D eigenvalue weighted by Crippen LogP contribution is -2.35. The molecular weight excluding hydrogens is 421 g/mol. The van der Waals surface area contributed by atoms with E-state index < -0.39 is 17.9 Å². The Kier molecular flexibility index (Phi) is 6.56. The molecule has 0 fully saturated rings. The van der Waals surface area contributed by atoms with Crippen LogP contribution in [0, 0.1) is 11.7 Å². The van der Waals surface area contributed by atoms with Gasteiger partial charge in [-0.2, -0.15) is 0 Å². The molecule has 0 saturated heterocycles. The van der Waals surface area contributed by atoms with Crippen molar-refractivity contribution < 1.29 is 23.8 Å². The Morgan fingerprint density at radius 2 is 1.85 bits per heavy atom. The minimum absolute atomic E-state index is 0.0809. The summed E-state index contributed by atoms with van der Waals surface area (Å²) in [7, 11) is 0. The Morgan fingerprint density at radius 1 is 1.15 bits per heavy atom. The molecule has 1 atom stereocenters. The highest BCUT2D eigenvalue weighted by molar-refractivity contribution is 6.05. The molecule has 1 heterocycles. The monoisotopic (exact) mass is 447 g/mol. The molecule has 33 heavy (non-hydrogen) atoms. The molecule has 1 unspecified atom stereocenters. The van der Waals surface area contributed by atoms with Gasteiger partial charge in [-0.3, -0.25) is 4.79 Å². The lowest BCUT2D eigenvalue weighted by atomic mass is 9.81. The van der Waals surface area contributed by atoms with Crippen LogP contribution in [0.2, 0.25) is 0 Å². The van der Waals surface area contributed by atoms with Crippen LogP contribution in [0.15, 0.2) is 83.7 Å². The summed E-state index contributed by atoms with van der Waals surface area (Å²) in [6.45, 7) is 4.74. The summed E-state index contributed by atoms with van der Waals surface area (Å²) >= 11 is 0. The van der Waals surface area contributed by atoms with Crippen molar-refractivity contribution in [3.63, 3.8) is 0 Å². The van der Waals surface area contributed by atoms with E-state index >= 15 is 0 Å². The minimum Gasteiger partial charge on any atom is -0.477 e. The van der Waals surface area contributed by atoms with E-state index in [9.17, 15) is 19.1 Å². The van der Waals surface area contributed by atoms with Gasteiger partial charge in [-0.15, -0.1) is 0 Å². The molecular formula is C27H26FNO4. The predicted octanol–water partition coefficient (Wildman–Crippen LogP) is 4.96. The van der Waals surface area contributed by atoms with Crippen molar-refractivity contribution in [1.29, 1.82) is 0 Å². The number of carboxylic acids is 1. The molecule has 0 spiro atoms. The third-order valence-corrected chi connectivity index (χ3v) is 5.62. The van der Waals surface area contributed by atoms with Gasteiger partial charge in [0.15, 0.2) is 5.78 Å². The predicted molar refractivity (Wildman–Crippen MR) is 123 cm³/mol. The zero-order chi connectivity index (χ0) is 23.5. The van der Waals surface area contributed by atoms with Crippen molar-refractivity contribution in [3.8, 4) is 0 Å². The first-order valence-electron chi connectivity index (χ1n) is 10.9. The molecule has 0 aromatic heterocycles. The second-order valence-electron chi connectivity index (χ2n) is 8.68. The highest BCUT2D eigenvalue weighted by Gasteiger charge is 2.36. The third kappa shape index (κ3) is 4.96. The van der Waals surface area contributed by atoms with Gasteiger partial charge in [0.05, 0.1) is 6.61 Å². The number of aliphatic carboxylic acids is 1. The number of ether oxygens (including phenoxy) is 1. The first-order valence-corrected chi connectivity index (χ1v) is 10.9. The van der Waals surface area contributed by atoms with E-state index in [-0.39, 0.29) is 30.4 Å². The molecule has 4 rings (SSSR count). The Balaban J connectivity index is 1.79. The fourth-order valence-electron chi connectivity index (χ4n) is 4.20. The molecule has 0 amide bonds. The number of nitrogens with zero attached hydrogens (tertiary/aromatic N) is 1. The molecule has 5 nitrogen and oxygen atoms in total. The first-order chi connectivity index (χ1) is 15.8. The molecule has 2 aliphatic rings. The largest absolute Gasteiger partial charge is 0.477 e. The maximum Gasteiger partial charge on any atom is 0.353 e. The Hall–Kier alpha value is -3.51. The molecule has 1 N–H and O–H groups in total. The van der Waals surface area contributed by atoms with Gasteiger partial charge in [0.1, 0.15) is 17.6 Å². The second kappa shape index (κ2) is 9.55. The lowest BCUT2D eigenvalue weighted by Gasteiger charge is -2.35. The maximum absolute atomic E-state index is 13.6. The van der Waals surface area contributed by atoms with Crippen molar-refractivity contribution in [2.24, 2.45) is 5.92 Å². The number of carbonyl (C=O) groups is 2. The van der Waals surface area contributed by atoms with Crippen LogP contribution in [0.25, 0.3) is 5.57 Å². The number of rotatable bonds is 7. The van der Waals surface area contributed by atoms with Gasteiger partial charge < -0.3 is 14.7 Å². The average molecular weight is 448 g/mol. The zero-order valence-electron chi connectivity index (χ0n) is 18.6. The number of carbonyl (C=O) groups excluding carboxylic acids is 1. The van der Waals surface area contributed by atoms with E-state index in [0.717, 1.165) is 11.1 Å². The van der Waals surface area contributed by atoms with Gasteiger partial charge >= 0.3 is 5.97 Å². The van der Waals surface area contributed by atoms with Gasteiger partial charge in [-0.05, 0) is 46.4 Å². The van der Waals surface area contributed by atoms with Crippen LogP contribution in [0.5, 0.6) is 0 Å². The molecule has 0 radical (unpaired) electrons. The van der Waals surface area contributed by atoms with Gasteiger partial charge in [0, 0.05) is 24.7 Å². The van der Waals surface area contributed by atoms with Crippen molar-refractivity contribution in [2.75, 3.05) is 6.54 Å². The highest BCUT2D eigenvalue weighted by atomic mass is 19.1. The van der Waals surface area contributed by atoms with E-state index in [1.165, 1.54) is 12.1 Å². The van der Waals surface area contributed by atoms with E-state index in [0.29, 0.717) is 23.3 Å². The summed E-state index contributed by atoms with van der Waals surface area (Å²) in [6, 6.07) is 15.3. The lowest BCUT2D eigenvalue weighted by molar-refractivity contribution is -0.134. The minimum atomic E-state index is -1.08. The topological polar surface area (TPSA) is 66.8 Å². The fraction of sp³-hybridized carbons (Fsp3) is 0.259. The van der Waals surface area contributed by atoms with Crippen LogP contribution in [-0.4, -0.2) is 34.4 Å². The van der Waals surface area contributed by atoms with Crippen LogP contribution < -0.4 is 0 Å². The SMILES string of the molecule is CC(C)CN1C=C2CC(=O)C(OCc3ccccc3)C=C2C(c2ccc(F)cc2)=C1C(=O)O. The summed E-state index contributed by atoms with van der Waals surface area (Å²) in [4.78, 5) is 27.0. The molecule has 6 heteroatoms. The molecule has 2 aromatic carbocycles. The van der Waals surface area contributed by atoms with Crippen LogP contribution in [-0.2, 0) is 20.9 Å². The van der Waals surface area contributed by atoms with Crippen LogP contribution in [0.1, 0.15) is 31.4 Å². The molecule has 2 aromatic rings. The average Bonchev–Trinajstić information content (AvgIpc) is 2.77. The maximum atomic E-state index is 13.6. The van der Waals surface area contributed by atoms with E-state index in [4.69, 9.17) is 4.74 Å². The van der Waals surface area contributed by atoms with Crippen molar-refractivity contribution >= 4 is 17.3 Å². The summed E-state index contributed by atoms with van der Waals surface area (Å²) in [6.07, 6.45) is 2.81. The quantitative estimate of drug-likeness (QED) is 0.650. The number of hydrogen-bond acceptors (Lipinski definition) is 4. The summed E-state index contributed by atoms with van der Waals surface area (Å²) < 4.78 is 19.6. The fourth-order valence-corrected chi connectivity index (χ4v) is 4.20. The Morgan fingerprint density at radius 3 is 2.48 bits per heavy atom. The second-order valence-corrected chi connectivity index (χ2v) is 8.68. The summed E-state index contributed by atoms with van der Waals surface area (Å²) in [5.41, 5.74) is 3.50. The van der Waals surface area contributed by atoms with Crippen molar-refractivity contribution in [2.45, 2.75) is 33.0 Å². The Labute approximate surface area is 192 Å². The molecule has 1 aliphatic carbocycles. The normalized spacial score (nSPS) is 18.2. The number of fused-ring (bicyclic) bond motifs is 1. The number of allylic oxidation sites excluding steroid dienone is 3. The van der Waals surface area contributed by atoms with E-state index in [1.807, 2.05) is 44.2 Å². The van der Waals surface area contributed by atoms with E-state index in [2.05, 4.69) is 0 Å². The number of halogens is 1.